The summed E-state index contributed by atoms with van der Waals surface area (Å²) in [5.41, 5.74) is 1.03. The first-order chi connectivity index (χ1) is 8.08. The second-order valence-electron chi connectivity index (χ2n) is 4.55. The van der Waals surface area contributed by atoms with Crippen molar-refractivity contribution in [3.8, 4) is 0 Å². The van der Waals surface area contributed by atoms with E-state index in [0.29, 0.717) is 0 Å². The van der Waals surface area contributed by atoms with Gasteiger partial charge in [-0.15, -0.1) is 11.3 Å². The summed E-state index contributed by atoms with van der Waals surface area (Å²) in [5, 5.41) is 4.11. The van der Waals surface area contributed by atoms with Crippen LogP contribution in [-0.2, 0) is 0 Å². The van der Waals surface area contributed by atoms with Crippen LogP contribution in [0.2, 0.25) is 0 Å². The number of likely N-dealkylation sites (tertiary alicyclic amines) is 1. The summed E-state index contributed by atoms with van der Waals surface area (Å²) in [6, 6.07) is 0.106. The van der Waals surface area contributed by atoms with E-state index in [1.165, 1.54) is 0 Å². The van der Waals surface area contributed by atoms with E-state index < -0.39 is 0 Å². The van der Waals surface area contributed by atoms with Gasteiger partial charge in [-0.3, -0.25) is 0 Å². The fourth-order valence-corrected chi connectivity index (χ4v) is 3.14. The highest BCUT2D eigenvalue weighted by Crippen LogP contribution is 2.24. The Bertz CT molecular complexity index is 410. The molecule has 0 bridgehead atoms. The lowest BCUT2D eigenvalue weighted by Crippen LogP contribution is -2.39. The number of amides is 2. The van der Waals surface area contributed by atoms with E-state index in [-0.39, 0.29) is 12.1 Å². The van der Waals surface area contributed by atoms with Crippen molar-refractivity contribution >= 4 is 17.4 Å². The molecule has 0 spiro atoms. The molecule has 1 aliphatic rings. The predicted molar refractivity (Wildman–Crippen MR) is 69.3 cm³/mol. The van der Waals surface area contributed by atoms with Gasteiger partial charge in [-0.1, -0.05) is 0 Å². The zero-order valence-electron chi connectivity index (χ0n) is 10.6. The summed E-state index contributed by atoms with van der Waals surface area (Å²) in [4.78, 5) is 19.4. The van der Waals surface area contributed by atoms with E-state index >= 15 is 0 Å². The monoisotopic (exact) mass is 253 g/mol. The van der Waals surface area contributed by atoms with Crippen LogP contribution in [0.15, 0.2) is 0 Å². The van der Waals surface area contributed by atoms with Crippen LogP contribution in [0.25, 0.3) is 0 Å². The lowest BCUT2D eigenvalue weighted by Gasteiger charge is -2.20. The Morgan fingerprint density at radius 1 is 1.41 bits per heavy atom. The van der Waals surface area contributed by atoms with Gasteiger partial charge in [0.05, 0.1) is 16.7 Å². The number of hydrogen-bond acceptors (Lipinski definition) is 3. The van der Waals surface area contributed by atoms with Crippen LogP contribution < -0.4 is 5.32 Å². The molecule has 1 unspecified atom stereocenters. The SMILES string of the molecule is Cc1nc(C)c(C(C)NC(=O)N2CCCC2)s1. The first-order valence-corrected chi connectivity index (χ1v) is 6.89. The van der Waals surface area contributed by atoms with E-state index in [4.69, 9.17) is 0 Å². The Morgan fingerprint density at radius 3 is 2.59 bits per heavy atom. The average molecular weight is 253 g/mol. The number of urea groups is 1. The third-order valence-corrected chi connectivity index (χ3v) is 4.32. The van der Waals surface area contributed by atoms with Crippen molar-refractivity contribution in [3.63, 3.8) is 0 Å². The minimum Gasteiger partial charge on any atom is -0.331 e. The summed E-state index contributed by atoms with van der Waals surface area (Å²) in [6.45, 7) is 7.79. The molecule has 2 heterocycles. The molecule has 17 heavy (non-hydrogen) atoms. The summed E-state index contributed by atoms with van der Waals surface area (Å²) < 4.78 is 0. The van der Waals surface area contributed by atoms with Crippen molar-refractivity contribution in [2.24, 2.45) is 0 Å². The van der Waals surface area contributed by atoms with Crippen LogP contribution in [0.5, 0.6) is 0 Å². The minimum atomic E-state index is 0.0503. The second kappa shape index (κ2) is 5.04. The van der Waals surface area contributed by atoms with Crippen molar-refractivity contribution < 1.29 is 4.79 Å². The molecule has 0 aliphatic carbocycles. The number of carbonyl (C=O) groups excluding carboxylic acids is 1. The van der Waals surface area contributed by atoms with Gasteiger partial charge < -0.3 is 10.2 Å². The first-order valence-electron chi connectivity index (χ1n) is 6.07. The number of nitrogens with one attached hydrogen (secondary N) is 1. The van der Waals surface area contributed by atoms with Crippen molar-refractivity contribution in [2.75, 3.05) is 13.1 Å². The first kappa shape index (κ1) is 12.4. The van der Waals surface area contributed by atoms with Gasteiger partial charge >= 0.3 is 6.03 Å². The second-order valence-corrected chi connectivity index (χ2v) is 5.78. The van der Waals surface area contributed by atoms with E-state index in [1.54, 1.807) is 11.3 Å². The molecule has 0 aromatic carbocycles. The summed E-state index contributed by atoms with van der Waals surface area (Å²) >= 11 is 1.66. The third-order valence-electron chi connectivity index (χ3n) is 3.07. The van der Waals surface area contributed by atoms with E-state index in [2.05, 4.69) is 10.3 Å². The van der Waals surface area contributed by atoms with Crippen LogP contribution in [0.3, 0.4) is 0 Å². The van der Waals surface area contributed by atoms with Gasteiger partial charge in [0, 0.05) is 18.0 Å². The number of aromatic nitrogens is 1. The molecule has 2 amide bonds. The smallest absolute Gasteiger partial charge is 0.317 e. The molecule has 1 aliphatic heterocycles. The summed E-state index contributed by atoms with van der Waals surface area (Å²) in [7, 11) is 0. The molecule has 1 fully saturated rings. The van der Waals surface area contributed by atoms with Gasteiger partial charge in [0.2, 0.25) is 0 Å². The molecule has 94 valence electrons. The zero-order chi connectivity index (χ0) is 12.4. The standard InChI is InChI=1S/C12H19N3OS/c1-8-11(17-10(3)13-8)9(2)14-12(16)15-6-4-5-7-15/h9H,4-7H2,1-3H3,(H,14,16). The van der Waals surface area contributed by atoms with Crippen LogP contribution in [-0.4, -0.2) is 29.0 Å². The van der Waals surface area contributed by atoms with Gasteiger partial charge in [0.15, 0.2) is 0 Å². The topological polar surface area (TPSA) is 45.2 Å². The fourth-order valence-electron chi connectivity index (χ4n) is 2.21. The normalized spacial score (nSPS) is 17.2. The van der Waals surface area contributed by atoms with E-state index in [9.17, 15) is 4.79 Å². The maximum Gasteiger partial charge on any atom is 0.317 e. The molecule has 4 nitrogen and oxygen atoms in total. The van der Waals surface area contributed by atoms with Crippen molar-refractivity contribution in [1.82, 2.24) is 15.2 Å². The average Bonchev–Trinajstić information content (AvgIpc) is 2.87. The van der Waals surface area contributed by atoms with Crippen LogP contribution in [0, 0.1) is 13.8 Å². The maximum absolute atomic E-state index is 11.9. The van der Waals surface area contributed by atoms with E-state index in [0.717, 1.165) is 41.5 Å². The van der Waals surface area contributed by atoms with Crippen molar-refractivity contribution in [3.05, 3.63) is 15.6 Å². The quantitative estimate of drug-likeness (QED) is 0.880. The molecular formula is C12H19N3OS. The molecule has 1 aromatic heterocycles. The Balaban J connectivity index is 1.98. The number of nitrogens with zero attached hydrogens (tertiary/aromatic N) is 2. The Hall–Kier alpha value is -1.10. The van der Waals surface area contributed by atoms with Gasteiger partial charge in [-0.05, 0) is 33.6 Å². The third kappa shape index (κ3) is 2.77. The fraction of sp³-hybridized carbons (Fsp3) is 0.667. The molecule has 1 aromatic rings. The molecule has 1 saturated heterocycles. The van der Waals surface area contributed by atoms with Gasteiger partial charge in [-0.25, -0.2) is 9.78 Å². The number of rotatable bonds is 2. The lowest BCUT2D eigenvalue weighted by molar-refractivity contribution is 0.205. The summed E-state index contributed by atoms with van der Waals surface area (Å²) in [6.07, 6.45) is 2.25. The number of aryl methyl sites for hydroxylation is 2. The number of thiazole rings is 1. The molecule has 2 rings (SSSR count). The Labute approximate surface area is 106 Å². The lowest BCUT2D eigenvalue weighted by atomic mass is 10.2. The molecular weight excluding hydrogens is 234 g/mol. The summed E-state index contributed by atoms with van der Waals surface area (Å²) in [5.74, 6) is 0. The maximum atomic E-state index is 11.9. The highest BCUT2D eigenvalue weighted by atomic mass is 32.1. The Morgan fingerprint density at radius 2 is 2.06 bits per heavy atom. The van der Waals surface area contributed by atoms with Gasteiger partial charge in [0.1, 0.15) is 0 Å². The predicted octanol–water partition coefficient (Wildman–Crippen LogP) is 2.63. The van der Waals surface area contributed by atoms with Crippen LogP contribution in [0.1, 0.15) is 41.4 Å². The van der Waals surface area contributed by atoms with E-state index in [1.807, 2.05) is 25.7 Å². The van der Waals surface area contributed by atoms with Gasteiger partial charge in [-0.2, -0.15) is 0 Å². The van der Waals surface area contributed by atoms with Crippen LogP contribution >= 0.6 is 11.3 Å². The van der Waals surface area contributed by atoms with Crippen molar-refractivity contribution in [2.45, 2.75) is 39.7 Å². The van der Waals surface area contributed by atoms with Crippen molar-refractivity contribution in [1.29, 1.82) is 0 Å². The minimum absolute atomic E-state index is 0.0503. The van der Waals surface area contributed by atoms with Crippen LogP contribution in [0.4, 0.5) is 4.79 Å². The number of hydrogen-bond donors (Lipinski definition) is 1. The zero-order valence-corrected chi connectivity index (χ0v) is 11.4. The molecule has 1 atom stereocenters. The molecule has 5 heteroatoms. The molecule has 0 saturated carbocycles. The molecule has 1 N–H and O–H groups in total. The highest BCUT2D eigenvalue weighted by Gasteiger charge is 2.21. The molecule has 0 radical (unpaired) electrons. The van der Waals surface area contributed by atoms with Gasteiger partial charge in [0.25, 0.3) is 0 Å². The Kier molecular flexibility index (Phi) is 3.66. The largest absolute Gasteiger partial charge is 0.331 e. The highest BCUT2D eigenvalue weighted by molar-refractivity contribution is 7.11. The number of carbonyl (C=O) groups is 1.